The van der Waals surface area contributed by atoms with Crippen LogP contribution in [0.2, 0.25) is 0 Å². The van der Waals surface area contributed by atoms with Crippen molar-refractivity contribution in [3.8, 4) is 0 Å². The Morgan fingerprint density at radius 3 is 2.89 bits per heavy atom. The number of hydrogen-bond acceptors (Lipinski definition) is 4. The van der Waals surface area contributed by atoms with Gasteiger partial charge in [0.05, 0.1) is 6.54 Å². The number of carbonyl (C=O) groups excluding carboxylic acids is 1. The van der Waals surface area contributed by atoms with Crippen molar-refractivity contribution in [3.63, 3.8) is 0 Å². The Bertz CT molecular complexity index is 565. The van der Waals surface area contributed by atoms with Crippen molar-refractivity contribution >= 4 is 6.09 Å². The number of rotatable bonds is 2. The Morgan fingerprint density at radius 1 is 1.39 bits per heavy atom. The fraction of sp³-hybridized carbons (Fsp3) is 0.500. The highest BCUT2D eigenvalue weighted by atomic mass is 19.1. The van der Waals surface area contributed by atoms with Gasteiger partial charge in [-0.2, -0.15) is 0 Å². The van der Waals surface area contributed by atoms with Gasteiger partial charge in [0.25, 0.3) is 5.56 Å². The lowest BCUT2D eigenvalue weighted by molar-refractivity contribution is 0.0913. The van der Waals surface area contributed by atoms with Crippen molar-refractivity contribution in [2.24, 2.45) is 0 Å². The highest BCUT2D eigenvalue weighted by molar-refractivity contribution is 5.68. The van der Waals surface area contributed by atoms with E-state index >= 15 is 0 Å². The Hall–Kier alpha value is -2.12. The number of aromatic nitrogens is 2. The normalized spacial score (nSPS) is 14.2. The van der Waals surface area contributed by atoms with Crippen molar-refractivity contribution in [1.82, 2.24) is 14.9 Å². The summed E-state index contributed by atoms with van der Waals surface area (Å²) in [6.45, 7) is -0.659. The van der Waals surface area contributed by atoms with E-state index in [-0.39, 0.29) is 13.2 Å². The van der Waals surface area contributed by atoms with Crippen LogP contribution in [0.3, 0.4) is 0 Å². The molecule has 2 N–H and O–H groups in total. The zero-order valence-electron chi connectivity index (χ0n) is 9.49. The fourth-order valence-electron chi connectivity index (χ4n) is 1.85. The number of halogens is 1. The molecule has 98 valence electrons. The maximum atomic E-state index is 11.9. The molecular formula is C10H12FN3O4. The number of aromatic amines is 2. The molecule has 0 radical (unpaired) electrons. The van der Waals surface area contributed by atoms with Crippen LogP contribution in [0.4, 0.5) is 9.18 Å². The van der Waals surface area contributed by atoms with Gasteiger partial charge in [-0.3, -0.25) is 9.78 Å². The molecule has 0 saturated heterocycles. The van der Waals surface area contributed by atoms with Crippen molar-refractivity contribution in [2.75, 3.05) is 19.8 Å². The van der Waals surface area contributed by atoms with E-state index in [4.69, 9.17) is 0 Å². The third kappa shape index (κ3) is 2.41. The number of hydrogen-bond donors (Lipinski definition) is 2. The zero-order valence-corrected chi connectivity index (χ0v) is 9.49. The molecule has 0 saturated carbocycles. The van der Waals surface area contributed by atoms with Crippen LogP contribution in [0.25, 0.3) is 0 Å². The molecule has 0 spiro atoms. The molecule has 7 nitrogen and oxygen atoms in total. The predicted molar refractivity (Wildman–Crippen MR) is 59.1 cm³/mol. The Balaban J connectivity index is 2.17. The molecule has 0 unspecified atom stereocenters. The van der Waals surface area contributed by atoms with Crippen LogP contribution >= 0.6 is 0 Å². The number of nitrogens with zero attached hydrogens (tertiary/aromatic N) is 1. The summed E-state index contributed by atoms with van der Waals surface area (Å²) < 4.78 is 16.5. The molecule has 0 bridgehead atoms. The standard InChI is InChI=1S/C10H12FN3O4/c11-2-4-18-10(17)14-3-1-6-7(5-14)12-9(16)13-8(6)15/h1-5H2,(H2,12,13,15,16). The van der Waals surface area contributed by atoms with Crippen LogP contribution in [-0.4, -0.2) is 40.8 Å². The van der Waals surface area contributed by atoms with E-state index in [1.54, 1.807) is 0 Å². The van der Waals surface area contributed by atoms with Crippen molar-refractivity contribution in [1.29, 1.82) is 0 Å². The summed E-state index contributed by atoms with van der Waals surface area (Å²) in [6.07, 6.45) is -0.328. The van der Waals surface area contributed by atoms with E-state index in [0.29, 0.717) is 24.2 Å². The number of nitrogens with one attached hydrogen (secondary N) is 2. The lowest BCUT2D eigenvalue weighted by Gasteiger charge is -2.26. The number of alkyl halides is 1. The number of H-pyrrole nitrogens is 2. The molecule has 0 aromatic carbocycles. The summed E-state index contributed by atoms with van der Waals surface area (Å²) in [5, 5.41) is 0. The zero-order chi connectivity index (χ0) is 13.1. The molecule has 1 aliphatic rings. The van der Waals surface area contributed by atoms with Gasteiger partial charge in [-0.25, -0.2) is 14.0 Å². The van der Waals surface area contributed by atoms with Crippen LogP contribution in [0.5, 0.6) is 0 Å². The number of fused-ring (bicyclic) bond motifs is 1. The van der Waals surface area contributed by atoms with Crippen LogP contribution in [0.15, 0.2) is 9.59 Å². The second-order valence-corrected chi connectivity index (χ2v) is 3.84. The van der Waals surface area contributed by atoms with Crippen LogP contribution in [0.1, 0.15) is 11.3 Å². The first-order valence-corrected chi connectivity index (χ1v) is 5.44. The van der Waals surface area contributed by atoms with Crippen molar-refractivity contribution < 1.29 is 13.9 Å². The van der Waals surface area contributed by atoms with E-state index in [1.807, 2.05) is 0 Å². The molecule has 0 fully saturated rings. The second kappa shape index (κ2) is 5.03. The van der Waals surface area contributed by atoms with Crippen LogP contribution < -0.4 is 11.2 Å². The van der Waals surface area contributed by atoms with E-state index < -0.39 is 24.0 Å². The minimum Gasteiger partial charge on any atom is -0.447 e. The minimum absolute atomic E-state index is 0.0829. The molecular weight excluding hydrogens is 245 g/mol. The molecule has 2 heterocycles. The lowest BCUT2D eigenvalue weighted by Crippen LogP contribution is -2.41. The van der Waals surface area contributed by atoms with Gasteiger partial charge in [-0.1, -0.05) is 0 Å². The first-order valence-electron chi connectivity index (χ1n) is 5.44. The van der Waals surface area contributed by atoms with Crippen molar-refractivity contribution in [2.45, 2.75) is 13.0 Å². The maximum absolute atomic E-state index is 11.9. The summed E-state index contributed by atoms with van der Waals surface area (Å²) in [5.74, 6) is 0. The molecule has 8 heteroatoms. The first-order chi connectivity index (χ1) is 8.61. The monoisotopic (exact) mass is 257 g/mol. The number of ether oxygens (including phenoxy) is 1. The van der Waals surface area contributed by atoms with Gasteiger partial charge in [0.2, 0.25) is 0 Å². The van der Waals surface area contributed by atoms with Gasteiger partial charge in [0.15, 0.2) is 0 Å². The average Bonchev–Trinajstić information content (AvgIpc) is 2.34. The summed E-state index contributed by atoms with van der Waals surface area (Å²) in [7, 11) is 0. The van der Waals surface area contributed by atoms with Gasteiger partial charge >= 0.3 is 11.8 Å². The maximum Gasteiger partial charge on any atom is 0.410 e. The SMILES string of the molecule is O=C(OCCF)N1CCc2c([nH]c(=O)[nH]c2=O)C1. The highest BCUT2D eigenvalue weighted by Gasteiger charge is 2.24. The Labute approximate surface area is 101 Å². The third-order valence-corrected chi connectivity index (χ3v) is 2.67. The van der Waals surface area contributed by atoms with E-state index in [0.717, 1.165) is 0 Å². The Kier molecular flexibility index (Phi) is 3.45. The molecule has 1 aliphatic heterocycles. The van der Waals surface area contributed by atoms with Gasteiger partial charge in [-0.15, -0.1) is 0 Å². The van der Waals surface area contributed by atoms with Crippen LogP contribution in [0, 0.1) is 0 Å². The highest BCUT2D eigenvalue weighted by Crippen LogP contribution is 2.12. The summed E-state index contributed by atoms with van der Waals surface area (Å²) in [5.41, 5.74) is -0.195. The molecule has 1 aromatic heterocycles. The Morgan fingerprint density at radius 2 is 2.17 bits per heavy atom. The van der Waals surface area contributed by atoms with E-state index in [9.17, 15) is 18.8 Å². The van der Waals surface area contributed by atoms with Crippen molar-refractivity contribution in [3.05, 3.63) is 32.1 Å². The molecule has 18 heavy (non-hydrogen) atoms. The van der Waals surface area contributed by atoms with E-state index in [2.05, 4.69) is 14.7 Å². The van der Waals surface area contributed by atoms with E-state index in [1.165, 1.54) is 4.90 Å². The lowest BCUT2D eigenvalue weighted by atomic mass is 10.1. The second-order valence-electron chi connectivity index (χ2n) is 3.84. The molecule has 0 aliphatic carbocycles. The molecule has 1 aromatic rings. The topological polar surface area (TPSA) is 95.3 Å². The van der Waals surface area contributed by atoms with Gasteiger partial charge in [0, 0.05) is 17.8 Å². The minimum atomic E-state index is -0.743. The number of carbonyl (C=O) groups is 1. The molecule has 0 atom stereocenters. The van der Waals surface area contributed by atoms with Crippen LogP contribution in [-0.2, 0) is 17.7 Å². The van der Waals surface area contributed by atoms with Gasteiger partial charge in [0.1, 0.15) is 13.3 Å². The smallest absolute Gasteiger partial charge is 0.410 e. The molecule has 1 amide bonds. The number of amides is 1. The molecule has 2 rings (SSSR count). The summed E-state index contributed by atoms with van der Waals surface area (Å²) in [4.78, 5) is 40.0. The predicted octanol–water partition coefficient (Wildman–Crippen LogP) is -0.473. The largest absolute Gasteiger partial charge is 0.447 e. The van der Waals surface area contributed by atoms with Gasteiger partial charge in [-0.05, 0) is 6.42 Å². The summed E-state index contributed by atoms with van der Waals surface area (Å²) >= 11 is 0. The third-order valence-electron chi connectivity index (χ3n) is 2.67. The average molecular weight is 257 g/mol. The quantitative estimate of drug-likeness (QED) is 0.748. The first kappa shape index (κ1) is 12.3. The fourth-order valence-corrected chi connectivity index (χ4v) is 1.85. The van der Waals surface area contributed by atoms with Gasteiger partial charge < -0.3 is 14.6 Å². The summed E-state index contributed by atoms with van der Waals surface area (Å²) in [6, 6.07) is 0.